The summed E-state index contributed by atoms with van der Waals surface area (Å²) in [7, 11) is -3.85. The summed E-state index contributed by atoms with van der Waals surface area (Å²) in [5.74, 6) is 0. The Bertz CT molecular complexity index is 344. The number of amides is 1. The lowest BCUT2D eigenvalue weighted by Crippen LogP contribution is -2.49. The third-order valence-corrected chi connectivity index (χ3v) is 4.33. The number of rotatable bonds is 8. The molecule has 1 N–H and O–H groups in total. The van der Waals surface area contributed by atoms with Crippen LogP contribution in [0.2, 0.25) is 0 Å². The van der Waals surface area contributed by atoms with Crippen LogP contribution >= 0.6 is 15.9 Å². The fourth-order valence-electron chi connectivity index (χ4n) is 1.60. The van der Waals surface area contributed by atoms with E-state index in [0.717, 1.165) is 0 Å². The predicted octanol–water partition coefficient (Wildman–Crippen LogP) is 1.86. The highest BCUT2D eigenvalue weighted by atomic mass is 79.9. The Morgan fingerprint density at radius 2 is 1.89 bits per heavy atom. The molecule has 18 heavy (non-hydrogen) atoms. The van der Waals surface area contributed by atoms with Gasteiger partial charge in [-0.2, -0.15) is 12.7 Å². The summed E-state index contributed by atoms with van der Waals surface area (Å²) >= 11 is 3.22. The minimum Gasteiger partial charge on any atom is -0.449 e. The van der Waals surface area contributed by atoms with E-state index in [-0.39, 0.29) is 12.6 Å². The molecule has 0 radical (unpaired) electrons. The number of nitrogens with zero attached hydrogens (tertiary/aromatic N) is 1. The van der Waals surface area contributed by atoms with Crippen LogP contribution < -0.4 is 4.72 Å². The molecule has 0 rings (SSSR count). The second-order valence-electron chi connectivity index (χ2n) is 3.60. The molecule has 8 heteroatoms. The van der Waals surface area contributed by atoms with Crippen molar-refractivity contribution in [2.75, 3.05) is 18.5 Å². The van der Waals surface area contributed by atoms with E-state index in [1.165, 1.54) is 4.31 Å². The lowest BCUT2D eigenvalue weighted by Gasteiger charge is -2.28. The summed E-state index contributed by atoms with van der Waals surface area (Å²) in [5.41, 5.74) is 0. The molecule has 0 aromatic carbocycles. The van der Waals surface area contributed by atoms with Crippen LogP contribution in [-0.2, 0) is 14.9 Å². The highest BCUT2D eigenvalue weighted by Gasteiger charge is 2.29. The average Bonchev–Trinajstić information content (AvgIpc) is 2.29. The maximum Gasteiger partial charge on any atom is 0.421 e. The molecule has 0 saturated heterocycles. The van der Waals surface area contributed by atoms with Crippen LogP contribution in [0, 0.1) is 0 Å². The highest BCUT2D eigenvalue weighted by molar-refractivity contribution is 9.09. The number of carbonyl (C=O) groups is 1. The fourth-order valence-corrected chi connectivity index (χ4v) is 3.63. The van der Waals surface area contributed by atoms with Gasteiger partial charge in [0.15, 0.2) is 0 Å². The van der Waals surface area contributed by atoms with Crippen molar-refractivity contribution in [1.82, 2.24) is 9.03 Å². The van der Waals surface area contributed by atoms with E-state index < -0.39 is 16.3 Å². The van der Waals surface area contributed by atoms with Crippen molar-refractivity contribution in [2.24, 2.45) is 0 Å². The Morgan fingerprint density at radius 1 is 1.33 bits per heavy atom. The van der Waals surface area contributed by atoms with Gasteiger partial charge in [-0.05, 0) is 19.8 Å². The topological polar surface area (TPSA) is 75.7 Å². The first-order chi connectivity index (χ1) is 8.42. The molecule has 1 amide bonds. The molecule has 6 nitrogen and oxygen atoms in total. The number of hydrogen-bond acceptors (Lipinski definition) is 4. The minimum atomic E-state index is -3.85. The molecule has 0 aliphatic rings. The minimum absolute atomic E-state index is 0.130. The van der Waals surface area contributed by atoms with Crippen molar-refractivity contribution < 1.29 is 17.9 Å². The smallest absolute Gasteiger partial charge is 0.421 e. The first-order valence-electron chi connectivity index (χ1n) is 5.95. The third kappa shape index (κ3) is 5.53. The number of nitrogens with one attached hydrogen (secondary N) is 1. The van der Waals surface area contributed by atoms with Crippen molar-refractivity contribution in [3.8, 4) is 0 Å². The van der Waals surface area contributed by atoms with Crippen LogP contribution in [-0.4, -0.2) is 43.3 Å². The molecule has 0 unspecified atom stereocenters. The molecule has 0 aromatic heterocycles. The first-order valence-corrected chi connectivity index (χ1v) is 8.51. The summed E-state index contributed by atoms with van der Waals surface area (Å²) in [5, 5.41) is 0.507. The largest absolute Gasteiger partial charge is 0.449 e. The molecule has 0 heterocycles. The van der Waals surface area contributed by atoms with Gasteiger partial charge in [0.05, 0.1) is 6.61 Å². The number of ether oxygens (including phenoxy) is 1. The maximum absolute atomic E-state index is 12.1. The van der Waals surface area contributed by atoms with Crippen molar-refractivity contribution in [1.29, 1.82) is 0 Å². The molecule has 0 spiro atoms. The van der Waals surface area contributed by atoms with Gasteiger partial charge in [-0.1, -0.05) is 29.8 Å². The Hall–Kier alpha value is -0.340. The molecule has 0 aromatic rings. The lowest BCUT2D eigenvalue weighted by atomic mass is 10.2. The quantitative estimate of drug-likeness (QED) is 0.682. The molecule has 108 valence electrons. The molecule has 0 aliphatic heterocycles. The number of carbonyl (C=O) groups excluding carboxylic acids is 1. The van der Waals surface area contributed by atoms with Crippen LogP contribution in [0.25, 0.3) is 0 Å². The van der Waals surface area contributed by atoms with Crippen LogP contribution in [0.15, 0.2) is 0 Å². The molecular formula is C10H21BrN2O4S. The Balaban J connectivity index is 4.91. The Kier molecular flexibility index (Phi) is 8.54. The SMILES string of the molecule is CCOC(=O)NS(=O)(=O)N(CCBr)C(CC)CC. The van der Waals surface area contributed by atoms with E-state index in [0.29, 0.717) is 24.7 Å². The van der Waals surface area contributed by atoms with Crippen LogP contribution in [0.5, 0.6) is 0 Å². The van der Waals surface area contributed by atoms with Gasteiger partial charge in [0.2, 0.25) is 0 Å². The zero-order chi connectivity index (χ0) is 14.2. The summed E-state index contributed by atoms with van der Waals surface area (Å²) in [6.07, 6.45) is 0.434. The van der Waals surface area contributed by atoms with Crippen molar-refractivity contribution >= 4 is 32.2 Å². The highest BCUT2D eigenvalue weighted by Crippen LogP contribution is 2.13. The second-order valence-corrected chi connectivity index (χ2v) is 6.01. The zero-order valence-corrected chi connectivity index (χ0v) is 13.4. The standard InChI is InChI=1S/C10H21BrN2O4S/c1-4-9(5-2)13(8-7-11)18(15,16)12-10(14)17-6-3/h9H,4-8H2,1-3H3,(H,12,14). The number of hydrogen-bond donors (Lipinski definition) is 1. The second kappa shape index (κ2) is 8.71. The number of alkyl halides is 1. The normalized spacial score (nSPS) is 11.9. The van der Waals surface area contributed by atoms with E-state index in [9.17, 15) is 13.2 Å². The van der Waals surface area contributed by atoms with E-state index >= 15 is 0 Å². The first kappa shape index (κ1) is 17.7. The van der Waals surface area contributed by atoms with Crippen molar-refractivity contribution in [3.63, 3.8) is 0 Å². The van der Waals surface area contributed by atoms with Gasteiger partial charge in [-0.3, -0.25) is 0 Å². The maximum atomic E-state index is 12.1. The van der Waals surface area contributed by atoms with E-state index in [1.807, 2.05) is 18.6 Å². The Labute approximate surface area is 117 Å². The van der Waals surface area contributed by atoms with Crippen LogP contribution in [0.1, 0.15) is 33.6 Å². The predicted molar refractivity (Wildman–Crippen MR) is 73.9 cm³/mol. The molecule has 0 saturated carbocycles. The van der Waals surface area contributed by atoms with Gasteiger partial charge in [-0.25, -0.2) is 9.52 Å². The van der Waals surface area contributed by atoms with Crippen molar-refractivity contribution in [3.05, 3.63) is 0 Å². The summed E-state index contributed by atoms with van der Waals surface area (Å²) in [6, 6.07) is -0.130. The van der Waals surface area contributed by atoms with Crippen LogP contribution in [0.3, 0.4) is 0 Å². The van der Waals surface area contributed by atoms with Gasteiger partial charge >= 0.3 is 16.3 Å². The summed E-state index contributed by atoms with van der Waals surface area (Å²) in [4.78, 5) is 11.2. The van der Waals surface area contributed by atoms with E-state index in [2.05, 4.69) is 20.7 Å². The summed E-state index contributed by atoms with van der Waals surface area (Å²) < 4.78 is 31.9. The third-order valence-electron chi connectivity index (χ3n) is 2.45. The molecule has 0 atom stereocenters. The van der Waals surface area contributed by atoms with Crippen molar-refractivity contribution in [2.45, 2.75) is 39.7 Å². The van der Waals surface area contributed by atoms with Gasteiger partial charge in [0, 0.05) is 17.9 Å². The molecule has 0 fully saturated rings. The van der Waals surface area contributed by atoms with Gasteiger partial charge in [0.25, 0.3) is 0 Å². The van der Waals surface area contributed by atoms with Crippen LogP contribution in [0.4, 0.5) is 4.79 Å². The summed E-state index contributed by atoms with van der Waals surface area (Å²) in [6.45, 7) is 5.87. The monoisotopic (exact) mass is 344 g/mol. The van der Waals surface area contributed by atoms with Gasteiger partial charge < -0.3 is 4.74 Å². The van der Waals surface area contributed by atoms with Gasteiger partial charge in [-0.15, -0.1) is 0 Å². The van der Waals surface area contributed by atoms with E-state index in [4.69, 9.17) is 0 Å². The molecular weight excluding hydrogens is 324 g/mol. The van der Waals surface area contributed by atoms with Gasteiger partial charge in [0.1, 0.15) is 0 Å². The number of halogens is 1. The molecule has 0 bridgehead atoms. The Morgan fingerprint density at radius 3 is 2.28 bits per heavy atom. The lowest BCUT2D eigenvalue weighted by molar-refractivity contribution is 0.157. The molecule has 0 aliphatic carbocycles. The fraction of sp³-hybridized carbons (Fsp3) is 0.900. The zero-order valence-electron chi connectivity index (χ0n) is 11.0. The van der Waals surface area contributed by atoms with E-state index in [1.54, 1.807) is 6.92 Å². The average molecular weight is 345 g/mol.